The van der Waals surface area contributed by atoms with Crippen LogP contribution in [0, 0.1) is 0 Å². The van der Waals surface area contributed by atoms with Crippen LogP contribution in [-0.4, -0.2) is 88.3 Å². The third-order valence-electron chi connectivity index (χ3n) is 7.52. The minimum absolute atomic E-state index is 0.0167. The molecule has 0 aliphatic carbocycles. The average Bonchev–Trinajstić information content (AvgIpc) is 3.35. The molecule has 2 aliphatic heterocycles. The number of carbonyl (C=O) groups excluding carboxylic acids is 2. The van der Waals surface area contributed by atoms with Gasteiger partial charge in [0.2, 0.25) is 5.91 Å². The molecule has 2 aromatic carbocycles. The van der Waals surface area contributed by atoms with E-state index in [-0.39, 0.29) is 38.2 Å². The van der Waals surface area contributed by atoms with E-state index < -0.39 is 41.0 Å². The van der Waals surface area contributed by atoms with Crippen LogP contribution < -0.4 is 0 Å². The molecule has 0 unspecified atom stereocenters. The number of rotatable bonds is 5. The number of benzene rings is 2. The maximum atomic E-state index is 13.6. The van der Waals surface area contributed by atoms with Crippen LogP contribution in [0.2, 0.25) is 0 Å². The maximum absolute atomic E-state index is 13.6. The molecule has 5 rings (SSSR count). The van der Waals surface area contributed by atoms with E-state index in [1.165, 1.54) is 4.90 Å². The van der Waals surface area contributed by atoms with Crippen molar-refractivity contribution < 1.29 is 35.9 Å². The summed E-state index contributed by atoms with van der Waals surface area (Å²) in [7, 11) is 0. The van der Waals surface area contributed by atoms with Crippen molar-refractivity contribution in [2.45, 2.75) is 24.8 Å². The average molecular weight is 599 g/mol. The number of alkyl halides is 6. The quantitative estimate of drug-likeness (QED) is 0.413. The molecule has 2 amide bonds. The van der Waals surface area contributed by atoms with Crippen molar-refractivity contribution >= 4 is 34.5 Å². The van der Waals surface area contributed by atoms with Gasteiger partial charge in [-0.3, -0.25) is 14.5 Å². The third-order valence-corrected chi connectivity index (χ3v) is 8.46. The van der Waals surface area contributed by atoms with E-state index in [0.717, 1.165) is 28.0 Å². The number of hydrogen-bond acceptors (Lipinski definition) is 4. The zero-order valence-corrected chi connectivity index (χ0v) is 22.7. The number of H-pyrrole nitrogens is 1. The van der Waals surface area contributed by atoms with Crippen molar-refractivity contribution in [3.8, 4) is 0 Å². The number of amides is 2. The maximum Gasteiger partial charge on any atom is 0.416 e. The van der Waals surface area contributed by atoms with Gasteiger partial charge in [0.25, 0.3) is 5.91 Å². The first kappa shape index (κ1) is 29.3. The zero-order chi connectivity index (χ0) is 29.4. The van der Waals surface area contributed by atoms with Gasteiger partial charge in [0.05, 0.1) is 17.7 Å². The highest BCUT2D eigenvalue weighted by atomic mass is 32.2. The second-order valence-corrected chi connectivity index (χ2v) is 11.5. The first-order valence-electron chi connectivity index (χ1n) is 13.1. The van der Waals surface area contributed by atoms with Crippen molar-refractivity contribution in [1.29, 1.82) is 0 Å². The molecule has 2 saturated heterocycles. The number of fused-ring (bicyclic) bond motifs is 1. The second-order valence-electron chi connectivity index (χ2n) is 10.2. The number of aromatic nitrogens is 1. The van der Waals surface area contributed by atoms with Crippen LogP contribution in [0.25, 0.3) is 10.9 Å². The van der Waals surface area contributed by atoms with E-state index in [9.17, 15) is 35.9 Å². The normalized spacial score (nSPS) is 19.1. The van der Waals surface area contributed by atoms with Gasteiger partial charge in [-0.1, -0.05) is 18.2 Å². The van der Waals surface area contributed by atoms with Crippen molar-refractivity contribution in [1.82, 2.24) is 19.7 Å². The molecule has 6 nitrogen and oxygen atoms in total. The van der Waals surface area contributed by atoms with E-state index in [0.29, 0.717) is 31.6 Å². The highest BCUT2D eigenvalue weighted by Crippen LogP contribution is 2.37. The summed E-state index contributed by atoms with van der Waals surface area (Å²) in [6.07, 6.45) is -8.04. The van der Waals surface area contributed by atoms with Crippen molar-refractivity contribution in [3.63, 3.8) is 0 Å². The van der Waals surface area contributed by atoms with Crippen LogP contribution in [0.15, 0.2) is 48.7 Å². The largest absolute Gasteiger partial charge is 0.416 e. The van der Waals surface area contributed by atoms with Crippen LogP contribution in [0.4, 0.5) is 26.3 Å². The van der Waals surface area contributed by atoms with Gasteiger partial charge >= 0.3 is 12.4 Å². The number of nitrogens with one attached hydrogen (secondary N) is 1. The van der Waals surface area contributed by atoms with Gasteiger partial charge < -0.3 is 14.8 Å². The molecule has 0 saturated carbocycles. The Morgan fingerprint density at radius 2 is 1.56 bits per heavy atom. The Labute approximate surface area is 236 Å². The summed E-state index contributed by atoms with van der Waals surface area (Å²) in [6.45, 7) is 1.97. The fourth-order valence-electron chi connectivity index (χ4n) is 5.41. The summed E-state index contributed by atoms with van der Waals surface area (Å²) in [4.78, 5) is 34.8. The van der Waals surface area contributed by atoms with Gasteiger partial charge in [-0.25, -0.2) is 0 Å². The number of aromatic amines is 1. The number of nitrogens with zero attached hydrogens (tertiary/aromatic N) is 3. The molecule has 13 heteroatoms. The molecular formula is C28H28F6N4O2S. The number of para-hydroxylation sites is 1. The molecule has 2 aliphatic rings. The highest BCUT2D eigenvalue weighted by Gasteiger charge is 2.39. The van der Waals surface area contributed by atoms with Crippen LogP contribution in [0.1, 0.15) is 27.0 Å². The summed E-state index contributed by atoms with van der Waals surface area (Å²) in [6, 6.07) is 7.87. The van der Waals surface area contributed by atoms with E-state index >= 15 is 0 Å². The lowest BCUT2D eigenvalue weighted by Crippen LogP contribution is -2.57. The fraction of sp³-hybridized carbons (Fsp3) is 0.429. The lowest BCUT2D eigenvalue weighted by molar-refractivity contribution is -0.143. The predicted octanol–water partition coefficient (Wildman–Crippen LogP) is 5.15. The molecule has 1 N–H and O–H groups in total. The Balaban J connectivity index is 1.44. The van der Waals surface area contributed by atoms with Gasteiger partial charge in [-0.05, 0) is 36.2 Å². The minimum Gasteiger partial charge on any atom is -0.361 e. The molecule has 3 aromatic rings. The molecule has 1 aromatic heterocycles. The van der Waals surface area contributed by atoms with Crippen molar-refractivity contribution in [2.24, 2.45) is 0 Å². The molecule has 0 radical (unpaired) electrons. The monoisotopic (exact) mass is 598 g/mol. The molecule has 220 valence electrons. The third kappa shape index (κ3) is 6.66. The first-order chi connectivity index (χ1) is 19.4. The van der Waals surface area contributed by atoms with Gasteiger partial charge in [-0.15, -0.1) is 0 Å². The fourth-order valence-corrected chi connectivity index (χ4v) is 6.31. The molecule has 1 atom stereocenters. The molecule has 41 heavy (non-hydrogen) atoms. The molecule has 0 bridgehead atoms. The smallest absolute Gasteiger partial charge is 0.361 e. The van der Waals surface area contributed by atoms with Gasteiger partial charge in [0.15, 0.2) is 0 Å². The lowest BCUT2D eigenvalue weighted by atomic mass is 9.98. The van der Waals surface area contributed by atoms with Crippen LogP contribution in [0.5, 0.6) is 0 Å². The zero-order valence-electron chi connectivity index (χ0n) is 21.9. The van der Waals surface area contributed by atoms with Crippen molar-refractivity contribution in [2.75, 3.05) is 50.8 Å². The van der Waals surface area contributed by atoms with E-state index in [4.69, 9.17) is 0 Å². The SMILES string of the molecule is O=C(CN1CCN(C(=O)c2cc(C(F)(F)F)cc(C(F)(F)F)c2)[C@H](Cc2c[nH]c3ccccc23)C1)N1CCSCC1. The van der Waals surface area contributed by atoms with Crippen LogP contribution >= 0.6 is 11.8 Å². The molecular weight excluding hydrogens is 570 g/mol. The Bertz CT molecular complexity index is 1380. The Hall–Kier alpha value is -3.19. The minimum atomic E-state index is -5.06. The summed E-state index contributed by atoms with van der Waals surface area (Å²) in [5.74, 6) is 0.761. The Kier molecular flexibility index (Phi) is 8.29. The Morgan fingerprint density at radius 1 is 0.902 bits per heavy atom. The van der Waals surface area contributed by atoms with E-state index in [2.05, 4.69) is 4.98 Å². The van der Waals surface area contributed by atoms with Gasteiger partial charge in [0.1, 0.15) is 0 Å². The number of thioether (sulfide) groups is 1. The number of hydrogen-bond donors (Lipinski definition) is 1. The van der Waals surface area contributed by atoms with E-state index in [1.807, 2.05) is 29.2 Å². The summed E-state index contributed by atoms with van der Waals surface area (Å²) < 4.78 is 81.0. The summed E-state index contributed by atoms with van der Waals surface area (Å²) in [5, 5.41) is 0.900. The standard InChI is InChI=1S/C28H28F6N4O2S/c29-27(30,31)20-11-18(12-21(14-20)28(32,33)34)26(40)38-6-5-36(17-25(39)37-7-9-41-10-8-37)16-22(38)13-19-15-35-24-4-2-1-3-23(19)24/h1-4,11-12,14-15,22,35H,5-10,13,16-17H2/t22-/m1/s1. The number of piperazine rings is 1. The number of carbonyl (C=O) groups is 2. The second kappa shape index (κ2) is 11.6. The molecule has 0 spiro atoms. The first-order valence-corrected chi connectivity index (χ1v) is 14.3. The van der Waals surface area contributed by atoms with Gasteiger partial charge in [-0.2, -0.15) is 38.1 Å². The topological polar surface area (TPSA) is 59.7 Å². The van der Waals surface area contributed by atoms with Gasteiger partial charge in [0, 0.05) is 72.9 Å². The predicted molar refractivity (Wildman–Crippen MR) is 144 cm³/mol. The Morgan fingerprint density at radius 3 is 2.22 bits per heavy atom. The van der Waals surface area contributed by atoms with Crippen LogP contribution in [0.3, 0.4) is 0 Å². The summed E-state index contributed by atoms with van der Waals surface area (Å²) >= 11 is 1.78. The molecule has 2 fully saturated rings. The van der Waals surface area contributed by atoms with E-state index in [1.54, 1.807) is 22.9 Å². The van der Waals surface area contributed by atoms with Crippen molar-refractivity contribution in [3.05, 3.63) is 70.9 Å². The lowest BCUT2D eigenvalue weighted by Gasteiger charge is -2.42. The number of halogens is 6. The summed E-state index contributed by atoms with van der Waals surface area (Å²) in [5.41, 5.74) is -2.03. The highest BCUT2D eigenvalue weighted by molar-refractivity contribution is 7.99. The molecule has 3 heterocycles. The van der Waals surface area contributed by atoms with Crippen LogP contribution in [-0.2, 0) is 23.6 Å².